The summed E-state index contributed by atoms with van der Waals surface area (Å²) >= 11 is 3.49. The molecular weight excluding hydrogens is 283 g/mol. The molecule has 1 heterocycles. The Morgan fingerprint density at radius 3 is 2.82 bits per heavy atom. The molecule has 17 heavy (non-hydrogen) atoms. The second-order valence-corrected chi connectivity index (χ2v) is 5.70. The molecule has 94 valence electrons. The molecule has 2 N–H and O–H groups in total. The number of benzene rings is 1. The summed E-state index contributed by atoms with van der Waals surface area (Å²) in [4.78, 5) is 2.24. The van der Waals surface area contributed by atoms with Crippen molar-refractivity contribution in [2.24, 2.45) is 11.7 Å². The van der Waals surface area contributed by atoms with Crippen LogP contribution in [0.1, 0.15) is 20.3 Å². The molecule has 0 amide bonds. The number of nitrogens with two attached hydrogens (primary N) is 1. The second kappa shape index (κ2) is 4.94. The van der Waals surface area contributed by atoms with Crippen molar-refractivity contribution in [1.29, 1.82) is 0 Å². The summed E-state index contributed by atoms with van der Waals surface area (Å²) in [5.74, 6) is 0.219. The number of rotatable bonds is 1. The molecular formula is C13H18BrFN2. The molecule has 1 aliphatic heterocycles. The van der Waals surface area contributed by atoms with Crippen molar-refractivity contribution in [1.82, 2.24) is 0 Å². The van der Waals surface area contributed by atoms with Gasteiger partial charge in [-0.15, -0.1) is 0 Å². The van der Waals surface area contributed by atoms with E-state index in [-0.39, 0.29) is 11.9 Å². The molecule has 3 atom stereocenters. The Morgan fingerprint density at radius 2 is 2.12 bits per heavy atom. The van der Waals surface area contributed by atoms with E-state index in [4.69, 9.17) is 5.73 Å². The van der Waals surface area contributed by atoms with Crippen LogP contribution in [0.3, 0.4) is 0 Å². The third kappa shape index (κ3) is 2.47. The predicted octanol–water partition coefficient (Wildman–Crippen LogP) is 3.15. The normalized spacial score (nSPS) is 29.5. The lowest BCUT2D eigenvalue weighted by atomic mass is 9.87. The predicted molar refractivity (Wildman–Crippen MR) is 72.7 cm³/mol. The van der Waals surface area contributed by atoms with Crippen LogP contribution in [0.2, 0.25) is 0 Å². The zero-order valence-electron chi connectivity index (χ0n) is 10.2. The van der Waals surface area contributed by atoms with Gasteiger partial charge in [-0.3, -0.25) is 0 Å². The maximum atomic E-state index is 13.3. The van der Waals surface area contributed by atoms with E-state index in [1.54, 1.807) is 12.1 Å². The first-order chi connectivity index (χ1) is 8.00. The summed E-state index contributed by atoms with van der Waals surface area (Å²) < 4.78 is 14.3. The molecule has 0 aromatic heterocycles. The Labute approximate surface area is 110 Å². The van der Waals surface area contributed by atoms with Crippen molar-refractivity contribution in [2.45, 2.75) is 32.4 Å². The van der Waals surface area contributed by atoms with Crippen LogP contribution < -0.4 is 10.6 Å². The third-order valence-electron chi connectivity index (χ3n) is 3.85. The zero-order chi connectivity index (χ0) is 12.6. The number of piperidine rings is 1. The highest BCUT2D eigenvalue weighted by molar-refractivity contribution is 9.10. The van der Waals surface area contributed by atoms with Gasteiger partial charge in [0, 0.05) is 23.1 Å². The molecule has 2 nitrogen and oxygen atoms in total. The molecule has 1 saturated heterocycles. The van der Waals surface area contributed by atoms with Crippen LogP contribution >= 0.6 is 15.9 Å². The molecule has 1 aromatic rings. The minimum absolute atomic E-state index is 0.196. The van der Waals surface area contributed by atoms with Gasteiger partial charge in [0.15, 0.2) is 0 Å². The standard InChI is InChI=1S/C13H18BrFN2/c1-8-9(2)17(6-5-12(8)16)13-7-10(15)3-4-11(13)14/h3-4,7-9,12H,5-6,16H2,1-2H3. The van der Waals surface area contributed by atoms with Gasteiger partial charge in [0.2, 0.25) is 0 Å². The van der Waals surface area contributed by atoms with Gasteiger partial charge in [0.1, 0.15) is 5.82 Å². The number of hydrogen-bond acceptors (Lipinski definition) is 2. The monoisotopic (exact) mass is 300 g/mol. The highest BCUT2D eigenvalue weighted by Crippen LogP contribution is 2.33. The van der Waals surface area contributed by atoms with Crippen LogP contribution in [0.15, 0.2) is 22.7 Å². The van der Waals surface area contributed by atoms with Crippen molar-refractivity contribution >= 4 is 21.6 Å². The van der Waals surface area contributed by atoms with E-state index >= 15 is 0 Å². The van der Waals surface area contributed by atoms with E-state index in [0.717, 1.165) is 23.1 Å². The average molecular weight is 301 g/mol. The molecule has 1 aliphatic rings. The van der Waals surface area contributed by atoms with Crippen molar-refractivity contribution in [3.05, 3.63) is 28.5 Å². The lowest BCUT2D eigenvalue weighted by molar-refractivity contribution is 0.315. The van der Waals surface area contributed by atoms with Gasteiger partial charge < -0.3 is 10.6 Å². The summed E-state index contributed by atoms with van der Waals surface area (Å²) in [6, 6.07) is 5.39. The Morgan fingerprint density at radius 1 is 1.41 bits per heavy atom. The van der Waals surface area contributed by atoms with Gasteiger partial charge in [-0.2, -0.15) is 0 Å². The largest absolute Gasteiger partial charge is 0.367 e. The van der Waals surface area contributed by atoms with E-state index in [1.807, 2.05) is 0 Å². The summed E-state index contributed by atoms with van der Waals surface area (Å²) in [5.41, 5.74) is 6.99. The van der Waals surface area contributed by atoms with Gasteiger partial charge in [0.25, 0.3) is 0 Å². The molecule has 0 aliphatic carbocycles. The van der Waals surface area contributed by atoms with E-state index in [2.05, 4.69) is 34.7 Å². The Balaban J connectivity index is 2.30. The second-order valence-electron chi connectivity index (χ2n) is 4.84. The number of hydrogen-bond donors (Lipinski definition) is 1. The molecule has 0 saturated carbocycles. The molecule has 1 fully saturated rings. The van der Waals surface area contributed by atoms with Crippen LogP contribution in [-0.4, -0.2) is 18.6 Å². The quantitative estimate of drug-likeness (QED) is 0.863. The minimum Gasteiger partial charge on any atom is -0.367 e. The average Bonchev–Trinajstić information content (AvgIpc) is 2.30. The van der Waals surface area contributed by atoms with Gasteiger partial charge in [-0.1, -0.05) is 6.92 Å². The number of nitrogens with zero attached hydrogens (tertiary/aromatic N) is 1. The van der Waals surface area contributed by atoms with Gasteiger partial charge >= 0.3 is 0 Å². The van der Waals surface area contributed by atoms with Crippen molar-refractivity contribution < 1.29 is 4.39 Å². The fraction of sp³-hybridized carbons (Fsp3) is 0.538. The number of anilines is 1. The van der Waals surface area contributed by atoms with E-state index in [0.29, 0.717) is 12.0 Å². The summed E-state index contributed by atoms with van der Waals surface area (Å²) in [6.07, 6.45) is 0.953. The first-order valence-electron chi connectivity index (χ1n) is 5.98. The van der Waals surface area contributed by atoms with E-state index in [1.165, 1.54) is 6.07 Å². The first kappa shape index (κ1) is 12.8. The van der Waals surface area contributed by atoms with Crippen molar-refractivity contribution in [3.63, 3.8) is 0 Å². The Hall–Kier alpha value is -0.610. The van der Waals surface area contributed by atoms with Gasteiger partial charge in [-0.05, 0) is 53.4 Å². The Kier molecular flexibility index (Phi) is 3.73. The van der Waals surface area contributed by atoms with Crippen LogP contribution in [0.25, 0.3) is 0 Å². The molecule has 3 unspecified atom stereocenters. The van der Waals surface area contributed by atoms with E-state index < -0.39 is 0 Å². The molecule has 0 spiro atoms. The minimum atomic E-state index is -0.196. The van der Waals surface area contributed by atoms with Crippen molar-refractivity contribution in [2.75, 3.05) is 11.4 Å². The molecule has 1 aromatic carbocycles. The smallest absolute Gasteiger partial charge is 0.125 e. The molecule has 0 radical (unpaired) electrons. The third-order valence-corrected chi connectivity index (χ3v) is 4.52. The maximum Gasteiger partial charge on any atom is 0.125 e. The lowest BCUT2D eigenvalue weighted by Crippen LogP contribution is -2.52. The fourth-order valence-electron chi connectivity index (χ4n) is 2.44. The van der Waals surface area contributed by atoms with Crippen LogP contribution in [0.5, 0.6) is 0 Å². The highest BCUT2D eigenvalue weighted by atomic mass is 79.9. The van der Waals surface area contributed by atoms with Crippen LogP contribution in [-0.2, 0) is 0 Å². The summed E-state index contributed by atoms with van der Waals surface area (Å²) in [7, 11) is 0. The Bertz CT molecular complexity index is 410. The van der Waals surface area contributed by atoms with Crippen LogP contribution in [0, 0.1) is 11.7 Å². The maximum absolute atomic E-state index is 13.3. The topological polar surface area (TPSA) is 29.3 Å². The summed E-state index contributed by atoms with van der Waals surface area (Å²) in [5, 5.41) is 0. The van der Waals surface area contributed by atoms with E-state index in [9.17, 15) is 4.39 Å². The molecule has 4 heteroatoms. The van der Waals surface area contributed by atoms with Gasteiger partial charge in [0.05, 0.1) is 5.69 Å². The van der Waals surface area contributed by atoms with Crippen molar-refractivity contribution in [3.8, 4) is 0 Å². The van der Waals surface area contributed by atoms with Crippen LogP contribution in [0.4, 0.5) is 10.1 Å². The first-order valence-corrected chi connectivity index (χ1v) is 6.77. The van der Waals surface area contributed by atoms with Gasteiger partial charge in [-0.25, -0.2) is 4.39 Å². The highest BCUT2D eigenvalue weighted by Gasteiger charge is 2.31. The SMILES string of the molecule is CC1C(N)CCN(c2cc(F)ccc2Br)C1C. The lowest BCUT2D eigenvalue weighted by Gasteiger charge is -2.43. The fourth-order valence-corrected chi connectivity index (χ4v) is 2.92. The molecule has 0 bridgehead atoms. The number of halogens is 2. The summed E-state index contributed by atoms with van der Waals surface area (Å²) in [6.45, 7) is 5.20. The molecule has 2 rings (SSSR count). The zero-order valence-corrected chi connectivity index (χ0v) is 11.7.